The third kappa shape index (κ3) is 2.91. The van der Waals surface area contributed by atoms with E-state index in [0.29, 0.717) is 31.7 Å². The monoisotopic (exact) mass is 337 g/mol. The number of rotatable bonds is 4. The van der Waals surface area contributed by atoms with Crippen LogP contribution in [0.15, 0.2) is 42.5 Å². The molecule has 0 saturated carbocycles. The summed E-state index contributed by atoms with van der Waals surface area (Å²) in [7, 11) is 0. The first-order chi connectivity index (χ1) is 12.1. The molecule has 2 aromatic rings. The van der Waals surface area contributed by atoms with E-state index < -0.39 is 11.4 Å². The highest BCUT2D eigenvalue weighted by atomic mass is 16.5. The summed E-state index contributed by atoms with van der Waals surface area (Å²) in [6.45, 7) is 1.15. The molecule has 0 unspecified atom stereocenters. The van der Waals surface area contributed by atoms with E-state index >= 15 is 0 Å². The molecule has 2 aliphatic rings. The summed E-state index contributed by atoms with van der Waals surface area (Å²) >= 11 is 0. The van der Waals surface area contributed by atoms with Crippen LogP contribution < -0.4 is 5.32 Å². The number of amides is 1. The minimum atomic E-state index is -1.06. The van der Waals surface area contributed by atoms with Crippen molar-refractivity contribution in [3.05, 3.63) is 64.7 Å². The lowest BCUT2D eigenvalue weighted by molar-refractivity contribution is -0.150. The van der Waals surface area contributed by atoms with Crippen molar-refractivity contribution in [3.63, 3.8) is 0 Å². The highest BCUT2D eigenvalue weighted by Crippen LogP contribution is 2.40. The number of carboxylic acids is 1. The molecule has 0 radical (unpaired) electrons. The lowest BCUT2D eigenvalue weighted by atomic mass is 9.81. The van der Waals surface area contributed by atoms with E-state index in [2.05, 4.69) is 5.32 Å². The zero-order chi connectivity index (χ0) is 17.4. The van der Waals surface area contributed by atoms with Crippen molar-refractivity contribution in [2.45, 2.75) is 32.5 Å². The summed E-state index contributed by atoms with van der Waals surface area (Å²) in [6, 6.07) is 13.4. The SMILES string of the molecule is O=C(CC1(C(=O)O)Cc2ccccc2C1)Nc1ccc2c(c1)COC2. The van der Waals surface area contributed by atoms with Crippen molar-refractivity contribution in [1.29, 1.82) is 0 Å². The smallest absolute Gasteiger partial charge is 0.310 e. The first-order valence-electron chi connectivity index (χ1n) is 8.35. The van der Waals surface area contributed by atoms with Crippen LogP contribution in [0.2, 0.25) is 0 Å². The minimum absolute atomic E-state index is 0.0371. The standard InChI is InChI=1S/C20H19NO4/c22-18(21-17-6-5-15-11-25-12-16(15)7-17)10-20(19(23)24)8-13-3-1-2-4-14(13)9-20/h1-7H,8-12H2,(H,21,22)(H,23,24). The van der Waals surface area contributed by atoms with Crippen LogP contribution in [0.1, 0.15) is 28.7 Å². The zero-order valence-corrected chi connectivity index (χ0v) is 13.7. The number of anilines is 1. The molecule has 4 rings (SSSR count). The van der Waals surface area contributed by atoms with E-state index in [1.54, 1.807) is 0 Å². The van der Waals surface area contributed by atoms with Crippen LogP contribution in [0.4, 0.5) is 5.69 Å². The van der Waals surface area contributed by atoms with Crippen LogP contribution in [-0.4, -0.2) is 17.0 Å². The number of carboxylic acid groups (broad SMARTS) is 1. The molecule has 0 spiro atoms. The van der Waals surface area contributed by atoms with Crippen LogP contribution in [0.3, 0.4) is 0 Å². The number of hydrogen-bond acceptors (Lipinski definition) is 3. The second kappa shape index (κ2) is 6.01. The molecule has 1 aliphatic carbocycles. The van der Waals surface area contributed by atoms with Gasteiger partial charge in [-0.1, -0.05) is 30.3 Å². The Bertz CT molecular complexity index is 834. The summed E-state index contributed by atoms with van der Waals surface area (Å²) in [5.41, 5.74) is 3.86. The molecule has 0 atom stereocenters. The number of fused-ring (bicyclic) bond motifs is 2. The second-order valence-electron chi connectivity index (χ2n) is 6.91. The molecule has 0 aromatic heterocycles. The molecule has 5 heteroatoms. The average Bonchev–Trinajstić information content (AvgIpc) is 3.18. The maximum Gasteiger partial charge on any atom is 0.310 e. The lowest BCUT2D eigenvalue weighted by Crippen LogP contribution is -2.36. The number of nitrogens with one attached hydrogen (secondary N) is 1. The second-order valence-corrected chi connectivity index (χ2v) is 6.91. The van der Waals surface area contributed by atoms with Crippen LogP contribution in [-0.2, 0) is 40.4 Å². The van der Waals surface area contributed by atoms with Gasteiger partial charge in [-0.15, -0.1) is 0 Å². The van der Waals surface area contributed by atoms with E-state index in [4.69, 9.17) is 4.74 Å². The minimum Gasteiger partial charge on any atom is -0.481 e. The van der Waals surface area contributed by atoms with Gasteiger partial charge in [-0.2, -0.15) is 0 Å². The summed E-state index contributed by atoms with van der Waals surface area (Å²) in [6.07, 6.45) is 0.749. The van der Waals surface area contributed by atoms with Crippen molar-refractivity contribution in [2.75, 3.05) is 5.32 Å². The Hall–Kier alpha value is -2.66. The molecule has 2 aromatic carbocycles. The van der Waals surface area contributed by atoms with Gasteiger partial charge in [0.05, 0.1) is 18.6 Å². The Labute approximate surface area is 145 Å². The van der Waals surface area contributed by atoms with Crippen LogP contribution in [0.25, 0.3) is 0 Å². The molecule has 0 bridgehead atoms. The van der Waals surface area contributed by atoms with E-state index in [1.807, 2.05) is 42.5 Å². The van der Waals surface area contributed by atoms with Gasteiger partial charge in [0.25, 0.3) is 0 Å². The molecule has 1 aliphatic heterocycles. The normalized spacial score (nSPS) is 17.0. The molecule has 2 N–H and O–H groups in total. The Morgan fingerprint density at radius 3 is 2.36 bits per heavy atom. The predicted octanol–water partition coefficient (Wildman–Crippen LogP) is 2.92. The van der Waals surface area contributed by atoms with Gasteiger partial charge in [-0.3, -0.25) is 9.59 Å². The fourth-order valence-corrected chi connectivity index (χ4v) is 3.81. The van der Waals surface area contributed by atoms with Gasteiger partial charge in [0.15, 0.2) is 0 Å². The van der Waals surface area contributed by atoms with Crippen LogP contribution in [0, 0.1) is 5.41 Å². The Morgan fingerprint density at radius 1 is 1.00 bits per heavy atom. The molecule has 1 heterocycles. The van der Waals surface area contributed by atoms with Gasteiger partial charge in [-0.05, 0) is 47.2 Å². The zero-order valence-electron chi connectivity index (χ0n) is 13.7. The van der Waals surface area contributed by atoms with Gasteiger partial charge in [-0.25, -0.2) is 0 Å². The lowest BCUT2D eigenvalue weighted by Gasteiger charge is -2.23. The Balaban J connectivity index is 1.50. The fourth-order valence-electron chi connectivity index (χ4n) is 3.81. The Morgan fingerprint density at radius 2 is 1.68 bits per heavy atom. The van der Waals surface area contributed by atoms with Crippen molar-refractivity contribution in [2.24, 2.45) is 5.41 Å². The summed E-state index contributed by atoms with van der Waals surface area (Å²) < 4.78 is 5.38. The summed E-state index contributed by atoms with van der Waals surface area (Å²) in [5.74, 6) is -1.18. The molecular formula is C20H19NO4. The van der Waals surface area contributed by atoms with Gasteiger partial charge in [0.1, 0.15) is 0 Å². The third-order valence-corrected chi connectivity index (χ3v) is 5.13. The highest BCUT2D eigenvalue weighted by Gasteiger charge is 2.45. The Kier molecular flexibility index (Phi) is 3.81. The van der Waals surface area contributed by atoms with E-state index in [-0.39, 0.29) is 12.3 Å². The molecular weight excluding hydrogens is 318 g/mol. The summed E-state index contributed by atoms with van der Waals surface area (Å²) in [4.78, 5) is 24.5. The van der Waals surface area contributed by atoms with Gasteiger partial charge in [0.2, 0.25) is 5.91 Å². The van der Waals surface area contributed by atoms with E-state index in [1.165, 1.54) is 0 Å². The maximum absolute atomic E-state index is 12.5. The van der Waals surface area contributed by atoms with Gasteiger partial charge in [0, 0.05) is 12.1 Å². The highest BCUT2D eigenvalue weighted by molar-refractivity contribution is 5.95. The van der Waals surface area contributed by atoms with Crippen molar-refractivity contribution >= 4 is 17.6 Å². The van der Waals surface area contributed by atoms with Crippen molar-refractivity contribution in [1.82, 2.24) is 0 Å². The van der Waals surface area contributed by atoms with Gasteiger partial charge < -0.3 is 15.2 Å². The first kappa shape index (κ1) is 15.8. The van der Waals surface area contributed by atoms with E-state index in [9.17, 15) is 14.7 Å². The quantitative estimate of drug-likeness (QED) is 0.899. The van der Waals surface area contributed by atoms with Crippen molar-refractivity contribution in [3.8, 4) is 0 Å². The number of ether oxygens (including phenoxy) is 1. The van der Waals surface area contributed by atoms with Gasteiger partial charge >= 0.3 is 5.97 Å². The number of aliphatic carboxylic acids is 1. The van der Waals surface area contributed by atoms with E-state index in [0.717, 1.165) is 22.3 Å². The number of carbonyl (C=O) groups excluding carboxylic acids is 1. The number of carbonyl (C=O) groups is 2. The third-order valence-electron chi connectivity index (χ3n) is 5.13. The molecule has 0 fully saturated rings. The fraction of sp³-hybridized carbons (Fsp3) is 0.300. The predicted molar refractivity (Wildman–Crippen MR) is 92.1 cm³/mol. The molecule has 128 valence electrons. The topological polar surface area (TPSA) is 75.6 Å². The van der Waals surface area contributed by atoms with Crippen LogP contribution in [0.5, 0.6) is 0 Å². The van der Waals surface area contributed by atoms with Crippen molar-refractivity contribution < 1.29 is 19.4 Å². The largest absolute Gasteiger partial charge is 0.481 e. The molecule has 25 heavy (non-hydrogen) atoms. The molecule has 1 amide bonds. The number of hydrogen-bond donors (Lipinski definition) is 2. The molecule has 5 nitrogen and oxygen atoms in total. The average molecular weight is 337 g/mol. The molecule has 0 saturated heterocycles. The van der Waals surface area contributed by atoms with Crippen LogP contribution >= 0.6 is 0 Å². The maximum atomic E-state index is 12.5. The summed E-state index contributed by atoms with van der Waals surface area (Å²) in [5, 5.41) is 12.6. The number of benzene rings is 2. The first-order valence-corrected chi connectivity index (χ1v) is 8.35.